The van der Waals surface area contributed by atoms with Gasteiger partial charge in [0.1, 0.15) is 0 Å². The minimum Gasteiger partial charge on any atom is -0.179 e. The lowest BCUT2D eigenvalue weighted by Crippen LogP contribution is -2.29. The maximum Gasteiger partial charge on any atom is 0.0791 e. The van der Waals surface area contributed by atoms with Crippen LogP contribution in [-0.2, 0) is 0 Å². The molecule has 0 rings (SSSR count). The van der Waals surface area contributed by atoms with Crippen LogP contribution in [0.15, 0.2) is 0 Å². The Morgan fingerprint density at radius 3 is 1.52 bits per heavy atom. The average molecular weight is 469 g/mol. The zero-order valence-corrected chi connectivity index (χ0v) is 21.2. The van der Waals surface area contributed by atoms with Gasteiger partial charge in [-0.05, 0) is 29.9 Å². The molecule has 0 heterocycles. The van der Waals surface area contributed by atoms with Crippen LogP contribution in [0.3, 0.4) is 0 Å². The van der Waals surface area contributed by atoms with Crippen LogP contribution in [0.1, 0.15) is 20.8 Å². The molecule has 0 aliphatic rings. The highest BCUT2D eigenvalue weighted by atomic mass is 32.2. The van der Waals surface area contributed by atoms with E-state index in [1.54, 1.807) is 0 Å². The predicted molar refractivity (Wildman–Crippen MR) is 136 cm³/mol. The summed E-state index contributed by atoms with van der Waals surface area (Å²) in [5.74, 6) is 11.7. The monoisotopic (exact) mass is 468 g/mol. The van der Waals surface area contributed by atoms with E-state index in [1.165, 1.54) is 46.0 Å². The van der Waals surface area contributed by atoms with Crippen molar-refractivity contribution in [1.82, 2.24) is 0 Å². The van der Waals surface area contributed by atoms with Crippen molar-refractivity contribution in [2.24, 2.45) is 0 Å². The topological polar surface area (TPSA) is 0 Å². The molecule has 0 atom stereocenters. The molecular formula is C15H32S8. The molecule has 0 saturated heterocycles. The van der Waals surface area contributed by atoms with Gasteiger partial charge in [0.05, 0.1) is 8.66 Å². The van der Waals surface area contributed by atoms with Crippen LogP contribution >= 0.6 is 95.8 Å². The summed E-state index contributed by atoms with van der Waals surface area (Å²) < 4.78 is 0.993. The van der Waals surface area contributed by atoms with Gasteiger partial charge < -0.3 is 0 Å². The van der Waals surface area contributed by atoms with Gasteiger partial charge in [0.15, 0.2) is 0 Å². The normalized spacial score (nSPS) is 12.3. The van der Waals surface area contributed by atoms with Crippen molar-refractivity contribution in [2.45, 2.75) is 29.4 Å². The Morgan fingerprint density at radius 2 is 1.17 bits per heavy atom. The number of thiol groups is 2. The third-order valence-corrected chi connectivity index (χ3v) is 13.0. The molecule has 0 N–H and O–H groups in total. The molecule has 0 aliphatic carbocycles. The molecule has 0 aliphatic heterocycles. The van der Waals surface area contributed by atoms with Gasteiger partial charge in [-0.1, -0.05) is 13.8 Å². The number of hydrogen-bond acceptors (Lipinski definition) is 8. The van der Waals surface area contributed by atoms with Gasteiger partial charge in [-0.2, -0.15) is 48.8 Å². The molecule has 0 aromatic heterocycles. The van der Waals surface area contributed by atoms with Crippen molar-refractivity contribution in [1.29, 1.82) is 0 Å². The lowest BCUT2D eigenvalue weighted by Gasteiger charge is -2.35. The summed E-state index contributed by atoms with van der Waals surface area (Å²) >= 11 is 21.3. The molecule has 23 heavy (non-hydrogen) atoms. The quantitative estimate of drug-likeness (QED) is 0.144. The summed E-state index contributed by atoms with van der Waals surface area (Å²) in [5.41, 5.74) is 0. The van der Waals surface area contributed by atoms with Crippen LogP contribution in [0.25, 0.3) is 0 Å². The maximum absolute atomic E-state index is 4.29. The first-order valence-corrected chi connectivity index (χ1v) is 15.7. The maximum atomic E-state index is 4.29. The third-order valence-electron chi connectivity index (χ3n) is 2.76. The minimum atomic E-state index is 0.321. The number of hydrogen-bond donors (Lipinski definition) is 2. The molecule has 0 aromatic rings. The highest BCUT2D eigenvalue weighted by Gasteiger charge is 2.35. The van der Waals surface area contributed by atoms with Gasteiger partial charge in [-0.3, -0.25) is 0 Å². The van der Waals surface area contributed by atoms with Gasteiger partial charge in [-0.15, -0.1) is 47.0 Å². The third kappa shape index (κ3) is 13.6. The molecule has 0 bridgehead atoms. The largest absolute Gasteiger partial charge is 0.179 e. The minimum absolute atomic E-state index is 0.321. The number of thioether (sulfide) groups is 6. The summed E-state index contributed by atoms with van der Waals surface area (Å²) in [7, 11) is 0. The van der Waals surface area contributed by atoms with E-state index < -0.39 is 0 Å². The van der Waals surface area contributed by atoms with Crippen LogP contribution in [0, 0.1) is 0 Å². The predicted octanol–water partition coefficient (Wildman–Crippen LogP) is 6.33. The SMILES string of the molecule is CCSC(C)(SCC)C(SCCSCCS)SCCSCCS. The molecule has 0 aromatic carbocycles. The molecule has 0 nitrogen and oxygen atoms in total. The van der Waals surface area contributed by atoms with E-state index in [0.717, 1.165) is 11.5 Å². The highest BCUT2D eigenvalue weighted by Crippen LogP contribution is 2.49. The Morgan fingerprint density at radius 1 is 0.739 bits per heavy atom. The summed E-state index contributed by atoms with van der Waals surface area (Å²) in [6.07, 6.45) is 0. The standard InChI is InChI=1S/C15H32S8/c1-4-22-15(3,23-5-2)14(20-12-10-18-8-6-16)21-13-11-19-9-7-17/h14,16-17H,4-13H2,1-3H3. The van der Waals surface area contributed by atoms with Gasteiger partial charge >= 0.3 is 0 Å². The molecular weight excluding hydrogens is 437 g/mol. The van der Waals surface area contributed by atoms with E-state index in [1.807, 2.05) is 23.5 Å². The molecule has 0 saturated carbocycles. The van der Waals surface area contributed by atoms with E-state index in [-0.39, 0.29) is 0 Å². The Kier molecular flexibility index (Phi) is 20.4. The smallest absolute Gasteiger partial charge is 0.0791 e. The van der Waals surface area contributed by atoms with Gasteiger partial charge in [0.2, 0.25) is 0 Å². The first-order valence-electron chi connectivity index (χ1n) is 8.02. The number of rotatable bonds is 17. The van der Waals surface area contributed by atoms with Crippen LogP contribution in [0.4, 0.5) is 0 Å². The highest BCUT2D eigenvalue weighted by molar-refractivity contribution is 8.24. The molecule has 0 fully saturated rings. The van der Waals surface area contributed by atoms with Crippen molar-refractivity contribution in [3.05, 3.63) is 0 Å². The average Bonchev–Trinajstić information content (AvgIpc) is 2.53. The van der Waals surface area contributed by atoms with Crippen LogP contribution in [0.2, 0.25) is 0 Å². The van der Waals surface area contributed by atoms with Crippen molar-refractivity contribution < 1.29 is 0 Å². The van der Waals surface area contributed by atoms with E-state index >= 15 is 0 Å². The fraction of sp³-hybridized carbons (Fsp3) is 1.00. The summed E-state index contributed by atoms with van der Waals surface area (Å²) in [6.45, 7) is 7.04. The Bertz CT molecular complexity index is 232. The van der Waals surface area contributed by atoms with E-state index in [2.05, 4.69) is 93.1 Å². The lowest BCUT2D eigenvalue weighted by molar-refractivity contribution is 0.996. The zero-order chi connectivity index (χ0) is 17.4. The van der Waals surface area contributed by atoms with Crippen molar-refractivity contribution in [3.8, 4) is 0 Å². The second-order valence-corrected chi connectivity index (χ2v) is 14.4. The Balaban J connectivity index is 4.43. The fourth-order valence-electron chi connectivity index (χ4n) is 1.86. The second kappa shape index (κ2) is 18.2. The fourth-order valence-corrected chi connectivity index (χ4v) is 11.1. The molecule has 0 radical (unpaired) electrons. The van der Waals surface area contributed by atoms with Crippen molar-refractivity contribution in [3.63, 3.8) is 0 Å². The molecule has 0 unspecified atom stereocenters. The Labute approximate surface area is 181 Å². The van der Waals surface area contributed by atoms with E-state index in [9.17, 15) is 0 Å². The van der Waals surface area contributed by atoms with Crippen molar-refractivity contribution in [2.75, 3.05) is 57.5 Å². The second-order valence-electron chi connectivity index (χ2n) is 4.63. The first kappa shape index (κ1) is 25.8. The molecule has 0 amide bonds. The molecule has 8 heteroatoms. The van der Waals surface area contributed by atoms with Crippen LogP contribution in [-0.4, -0.2) is 66.2 Å². The summed E-state index contributed by atoms with van der Waals surface area (Å²) in [4.78, 5) is 0. The Hall–Kier alpha value is 2.80. The van der Waals surface area contributed by atoms with Gasteiger partial charge in [0, 0.05) is 34.5 Å². The van der Waals surface area contributed by atoms with Crippen LogP contribution < -0.4 is 0 Å². The molecule has 0 spiro atoms. The van der Waals surface area contributed by atoms with Gasteiger partial charge in [0.25, 0.3) is 0 Å². The van der Waals surface area contributed by atoms with Crippen molar-refractivity contribution >= 4 is 95.8 Å². The zero-order valence-electron chi connectivity index (χ0n) is 14.5. The van der Waals surface area contributed by atoms with E-state index in [0.29, 0.717) is 8.66 Å². The van der Waals surface area contributed by atoms with E-state index in [4.69, 9.17) is 0 Å². The first-order chi connectivity index (χ1) is 11.1. The molecule has 140 valence electrons. The van der Waals surface area contributed by atoms with Crippen LogP contribution in [0.5, 0.6) is 0 Å². The lowest BCUT2D eigenvalue weighted by atomic mass is 10.5. The summed E-state index contributed by atoms with van der Waals surface area (Å²) in [6, 6.07) is 0. The van der Waals surface area contributed by atoms with Gasteiger partial charge in [-0.25, -0.2) is 0 Å². The summed E-state index contributed by atoms with van der Waals surface area (Å²) in [5, 5.41) is 0.